The van der Waals surface area contributed by atoms with Gasteiger partial charge in [0.2, 0.25) is 5.91 Å². The van der Waals surface area contributed by atoms with Crippen LogP contribution < -0.4 is 10.9 Å². The van der Waals surface area contributed by atoms with E-state index < -0.39 is 0 Å². The van der Waals surface area contributed by atoms with E-state index in [4.69, 9.17) is 0 Å². The number of nitrogens with zero attached hydrogens (tertiary/aromatic N) is 3. The number of aromatic nitrogens is 3. The minimum Gasteiger partial charge on any atom is -0.350 e. The van der Waals surface area contributed by atoms with Gasteiger partial charge in [-0.1, -0.05) is 24.3 Å². The molecule has 6 heteroatoms. The van der Waals surface area contributed by atoms with Crippen LogP contribution in [-0.4, -0.2) is 20.7 Å². The fourth-order valence-corrected chi connectivity index (χ4v) is 2.66. The molecule has 0 fully saturated rings. The third-order valence-electron chi connectivity index (χ3n) is 3.91. The van der Waals surface area contributed by atoms with Crippen LogP contribution in [0.2, 0.25) is 0 Å². The molecule has 2 heterocycles. The van der Waals surface area contributed by atoms with E-state index >= 15 is 0 Å². The first-order valence-corrected chi connectivity index (χ1v) is 8.23. The molecule has 1 N–H and O–H groups in total. The minimum atomic E-state index is -0.155. The maximum Gasteiger partial charge on any atom is 0.274 e. The summed E-state index contributed by atoms with van der Waals surface area (Å²) in [4.78, 5) is 29.0. The zero-order chi connectivity index (χ0) is 17.8. The molecule has 3 aromatic rings. The first kappa shape index (κ1) is 16.8. The number of carbonyl (C=O) groups is 1. The van der Waals surface area contributed by atoms with Crippen LogP contribution in [0, 0.1) is 0 Å². The summed E-state index contributed by atoms with van der Waals surface area (Å²) in [6, 6.07) is 12.7. The normalized spacial score (nSPS) is 11.0. The van der Waals surface area contributed by atoms with Gasteiger partial charge in [0.25, 0.3) is 5.56 Å². The van der Waals surface area contributed by atoms with Crippen molar-refractivity contribution in [2.75, 3.05) is 0 Å². The Morgan fingerprint density at radius 3 is 2.52 bits per heavy atom. The number of rotatable bonds is 5. The Bertz CT molecular complexity index is 949. The number of hydrogen-bond acceptors (Lipinski definition) is 4. The van der Waals surface area contributed by atoms with E-state index in [9.17, 15) is 9.59 Å². The Morgan fingerprint density at radius 2 is 1.84 bits per heavy atom. The lowest BCUT2D eigenvalue weighted by atomic mass is 10.1. The first-order valence-electron chi connectivity index (χ1n) is 8.23. The summed E-state index contributed by atoms with van der Waals surface area (Å²) in [6.07, 6.45) is 1.80. The number of hydrogen-bond donors (Lipinski definition) is 1. The number of carbonyl (C=O) groups excluding carboxylic acids is 1. The number of amides is 1. The Labute approximate surface area is 145 Å². The van der Waals surface area contributed by atoms with E-state index in [0.29, 0.717) is 17.6 Å². The van der Waals surface area contributed by atoms with E-state index in [1.165, 1.54) is 4.68 Å². The van der Waals surface area contributed by atoms with Gasteiger partial charge >= 0.3 is 0 Å². The molecule has 0 aliphatic heterocycles. The van der Waals surface area contributed by atoms with Crippen molar-refractivity contribution in [3.05, 3.63) is 70.4 Å². The molecule has 0 saturated heterocycles. The summed E-state index contributed by atoms with van der Waals surface area (Å²) in [5.74, 6) is -0.155. The van der Waals surface area contributed by atoms with Gasteiger partial charge in [-0.25, -0.2) is 4.68 Å². The monoisotopic (exact) mass is 336 g/mol. The number of nitrogens with one attached hydrogen (secondary N) is 1. The van der Waals surface area contributed by atoms with Gasteiger partial charge in [-0.15, -0.1) is 0 Å². The SMILES string of the molecule is CC(C)n1nc(CC(=O)NCc2ccccn2)c2ccccc2c1=O. The number of benzene rings is 1. The predicted octanol–water partition coefficient (Wildman–Crippen LogP) is 2.23. The van der Waals surface area contributed by atoms with Gasteiger partial charge in [0.05, 0.1) is 35.8 Å². The summed E-state index contributed by atoms with van der Waals surface area (Å²) in [5.41, 5.74) is 1.26. The summed E-state index contributed by atoms with van der Waals surface area (Å²) >= 11 is 0. The van der Waals surface area contributed by atoms with Gasteiger partial charge < -0.3 is 5.32 Å². The van der Waals surface area contributed by atoms with Gasteiger partial charge in [-0.3, -0.25) is 14.6 Å². The van der Waals surface area contributed by atoms with Gasteiger partial charge in [0.15, 0.2) is 0 Å². The molecular formula is C19H20N4O2. The second kappa shape index (κ2) is 7.25. The molecule has 0 radical (unpaired) electrons. The van der Waals surface area contributed by atoms with Crippen LogP contribution in [-0.2, 0) is 17.8 Å². The van der Waals surface area contributed by atoms with Crippen molar-refractivity contribution in [2.24, 2.45) is 0 Å². The molecule has 0 spiro atoms. The van der Waals surface area contributed by atoms with Crippen LogP contribution in [0.25, 0.3) is 10.8 Å². The smallest absolute Gasteiger partial charge is 0.274 e. The molecule has 1 aromatic carbocycles. The van der Waals surface area contributed by atoms with Crippen LogP contribution >= 0.6 is 0 Å². The van der Waals surface area contributed by atoms with Crippen molar-refractivity contribution in [1.29, 1.82) is 0 Å². The largest absolute Gasteiger partial charge is 0.350 e. The van der Waals surface area contributed by atoms with E-state index in [1.807, 2.05) is 50.2 Å². The van der Waals surface area contributed by atoms with Crippen molar-refractivity contribution < 1.29 is 4.79 Å². The van der Waals surface area contributed by atoms with E-state index in [2.05, 4.69) is 15.4 Å². The predicted molar refractivity (Wildman–Crippen MR) is 96.2 cm³/mol. The average molecular weight is 336 g/mol. The Balaban J connectivity index is 1.86. The molecule has 0 saturated carbocycles. The van der Waals surface area contributed by atoms with Crippen LogP contribution in [0.1, 0.15) is 31.3 Å². The number of pyridine rings is 1. The van der Waals surface area contributed by atoms with Gasteiger partial charge in [-0.2, -0.15) is 5.10 Å². The third-order valence-corrected chi connectivity index (χ3v) is 3.91. The number of fused-ring (bicyclic) bond motifs is 1. The standard InChI is InChI=1S/C19H20N4O2/c1-13(2)23-19(25)16-9-4-3-8-15(16)17(22-23)11-18(24)21-12-14-7-5-6-10-20-14/h3-10,13H,11-12H2,1-2H3,(H,21,24). The summed E-state index contributed by atoms with van der Waals surface area (Å²) in [6.45, 7) is 4.16. The highest BCUT2D eigenvalue weighted by atomic mass is 16.1. The second-order valence-corrected chi connectivity index (χ2v) is 6.11. The van der Waals surface area contributed by atoms with Crippen LogP contribution in [0.3, 0.4) is 0 Å². The molecule has 2 aromatic heterocycles. The molecular weight excluding hydrogens is 316 g/mol. The maximum absolute atomic E-state index is 12.5. The summed E-state index contributed by atoms with van der Waals surface area (Å²) in [7, 11) is 0. The van der Waals surface area contributed by atoms with E-state index in [1.54, 1.807) is 12.3 Å². The second-order valence-electron chi connectivity index (χ2n) is 6.11. The molecule has 6 nitrogen and oxygen atoms in total. The highest BCUT2D eigenvalue weighted by Gasteiger charge is 2.14. The lowest BCUT2D eigenvalue weighted by molar-refractivity contribution is -0.120. The minimum absolute atomic E-state index is 0.0764. The average Bonchev–Trinajstić information content (AvgIpc) is 2.63. The van der Waals surface area contributed by atoms with Crippen molar-refractivity contribution in [3.8, 4) is 0 Å². The molecule has 0 atom stereocenters. The van der Waals surface area contributed by atoms with E-state index in [-0.39, 0.29) is 23.9 Å². The lowest BCUT2D eigenvalue weighted by Gasteiger charge is -2.13. The van der Waals surface area contributed by atoms with Crippen molar-refractivity contribution in [2.45, 2.75) is 32.9 Å². The van der Waals surface area contributed by atoms with Crippen molar-refractivity contribution in [3.63, 3.8) is 0 Å². The molecule has 3 rings (SSSR count). The van der Waals surface area contributed by atoms with Crippen LogP contribution in [0.4, 0.5) is 0 Å². The molecule has 128 valence electrons. The fraction of sp³-hybridized carbons (Fsp3) is 0.263. The Kier molecular flexibility index (Phi) is 4.88. The molecule has 0 bridgehead atoms. The fourth-order valence-electron chi connectivity index (χ4n) is 2.66. The van der Waals surface area contributed by atoms with Crippen molar-refractivity contribution in [1.82, 2.24) is 20.1 Å². The third kappa shape index (κ3) is 3.74. The molecule has 25 heavy (non-hydrogen) atoms. The molecule has 0 aliphatic carbocycles. The highest BCUT2D eigenvalue weighted by molar-refractivity contribution is 5.88. The van der Waals surface area contributed by atoms with Gasteiger partial charge in [0.1, 0.15) is 0 Å². The summed E-state index contributed by atoms with van der Waals surface area (Å²) < 4.78 is 1.43. The molecule has 0 aliphatic rings. The van der Waals surface area contributed by atoms with Crippen LogP contribution in [0.15, 0.2) is 53.5 Å². The Hall–Kier alpha value is -3.02. The van der Waals surface area contributed by atoms with Gasteiger partial charge in [0, 0.05) is 11.6 Å². The first-order chi connectivity index (χ1) is 12.1. The summed E-state index contributed by atoms with van der Waals surface area (Å²) in [5, 5.41) is 8.57. The van der Waals surface area contributed by atoms with Gasteiger partial charge in [-0.05, 0) is 32.0 Å². The maximum atomic E-state index is 12.5. The topological polar surface area (TPSA) is 76.9 Å². The van der Waals surface area contributed by atoms with Crippen LogP contribution in [0.5, 0.6) is 0 Å². The van der Waals surface area contributed by atoms with E-state index in [0.717, 1.165) is 11.1 Å². The molecule has 0 unspecified atom stereocenters. The highest BCUT2D eigenvalue weighted by Crippen LogP contribution is 2.15. The Morgan fingerprint density at radius 1 is 1.12 bits per heavy atom. The quantitative estimate of drug-likeness (QED) is 0.775. The van der Waals surface area contributed by atoms with Crippen molar-refractivity contribution >= 4 is 16.7 Å². The zero-order valence-electron chi connectivity index (χ0n) is 14.3. The zero-order valence-corrected chi connectivity index (χ0v) is 14.3. The molecule has 1 amide bonds. The lowest BCUT2D eigenvalue weighted by Crippen LogP contribution is -2.29.